The minimum absolute atomic E-state index is 0.112. The fourth-order valence-electron chi connectivity index (χ4n) is 1.75. The second-order valence-electron chi connectivity index (χ2n) is 5.53. The molecule has 0 radical (unpaired) electrons. The summed E-state index contributed by atoms with van der Waals surface area (Å²) < 4.78 is 10.2. The fraction of sp³-hybridized carbons (Fsp3) is 0.571. The maximum atomic E-state index is 12.0. The molecule has 5 nitrogen and oxygen atoms in total. The Bertz CT molecular complexity index is 397. The summed E-state index contributed by atoms with van der Waals surface area (Å²) in [6.45, 7) is 12.5. The number of ether oxygens (including phenoxy) is 2. The Hall–Kier alpha value is -1.78. The third kappa shape index (κ3) is 3.84. The van der Waals surface area contributed by atoms with E-state index in [0.717, 1.165) is 0 Å². The lowest BCUT2D eigenvalue weighted by molar-refractivity contribution is -0.146. The zero-order chi connectivity index (χ0) is 14.7. The van der Waals surface area contributed by atoms with Crippen LogP contribution in [0.25, 0.3) is 0 Å². The lowest BCUT2D eigenvalue weighted by Crippen LogP contribution is -2.47. The minimum atomic E-state index is -1.03. The molecule has 1 N–H and O–H groups in total. The Labute approximate surface area is 113 Å². The molecule has 0 spiro atoms. The second-order valence-corrected chi connectivity index (χ2v) is 5.53. The number of esters is 1. The van der Waals surface area contributed by atoms with Gasteiger partial charge in [0.2, 0.25) is 0 Å². The van der Waals surface area contributed by atoms with Gasteiger partial charge in [0, 0.05) is 5.92 Å². The number of carbonyl (C=O) groups excluding carboxylic acids is 2. The molecule has 106 valence electrons. The third-order valence-corrected chi connectivity index (χ3v) is 2.72. The first-order valence-corrected chi connectivity index (χ1v) is 6.17. The summed E-state index contributed by atoms with van der Waals surface area (Å²) in [5, 5.41) is 2.59. The normalized spacial score (nSPS) is 25.1. The van der Waals surface area contributed by atoms with Gasteiger partial charge in [-0.3, -0.25) is 0 Å². The highest BCUT2D eigenvalue weighted by atomic mass is 16.6. The quantitative estimate of drug-likeness (QED) is 0.612. The monoisotopic (exact) mass is 267 g/mol. The number of rotatable bonds is 5. The molecule has 0 heterocycles. The number of amides is 1. The smallest absolute Gasteiger partial charge is 0.408 e. The highest BCUT2D eigenvalue weighted by Gasteiger charge is 2.61. The molecule has 0 aromatic heterocycles. The number of carbonyl (C=O) groups is 2. The summed E-state index contributed by atoms with van der Waals surface area (Å²) in [4.78, 5) is 23.7. The minimum Gasteiger partial charge on any atom is -0.460 e. The average Bonchev–Trinajstić information content (AvgIpc) is 2.97. The van der Waals surface area contributed by atoms with Gasteiger partial charge < -0.3 is 14.8 Å². The van der Waals surface area contributed by atoms with Crippen LogP contribution in [-0.2, 0) is 14.3 Å². The first-order valence-electron chi connectivity index (χ1n) is 6.17. The van der Waals surface area contributed by atoms with Crippen molar-refractivity contribution in [3.63, 3.8) is 0 Å². The van der Waals surface area contributed by atoms with E-state index in [-0.39, 0.29) is 12.5 Å². The molecule has 5 heteroatoms. The summed E-state index contributed by atoms with van der Waals surface area (Å²) >= 11 is 0. The molecule has 1 aliphatic rings. The Morgan fingerprint density at radius 2 is 2.05 bits per heavy atom. The van der Waals surface area contributed by atoms with Crippen LogP contribution in [0.3, 0.4) is 0 Å². The molecule has 0 aromatic rings. The van der Waals surface area contributed by atoms with Crippen LogP contribution in [0.5, 0.6) is 0 Å². The van der Waals surface area contributed by atoms with E-state index in [0.29, 0.717) is 6.42 Å². The molecule has 0 unspecified atom stereocenters. The van der Waals surface area contributed by atoms with Gasteiger partial charge in [-0.2, -0.15) is 0 Å². The summed E-state index contributed by atoms with van der Waals surface area (Å²) in [5.41, 5.74) is -1.65. The van der Waals surface area contributed by atoms with Crippen LogP contribution in [0.15, 0.2) is 25.3 Å². The molecule has 19 heavy (non-hydrogen) atoms. The Balaban J connectivity index is 2.68. The first-order chi connectivity index (χ1) is 8.75. The maximum Gasteiger partial charge on any atom is 0.408 e. The fourth-order valence-corrected chi connectivity index (χ4v) is 1.75. The van der Waals surface area contributed by atoms with E-state index in [2.05, 4.69) is 18.5 Å². The van der Waals surface area contributed by atoms with Gasteiger partial charge in [0.25, 0.3) is 0 Å². The van der Waals surface area contributed by atoms with E-state index in [1.807, 2.05) is 0 Å². The molecular formula is C14H21NO4. The van der Waals surface area contributed by atoms with Gasteiger partial charge in [-0.15, -0.1) is 6.58 Å². The van der Waals surface area contributed by atoms with Gasteiger partial charge in [-0.1, -0.05) is 18.7 Å². The van der Waals surface area contributed by atoms with Crippen molar-refractivity contribution in [3.8, 4) is 0 Å². The van der Waals surface area contributed by atoms with E-state index in [1.165, 1.54) is 6.08 Å². The number of hydrogen-bond donors (Lipinski definition) is 1. The largest absolute Gasteiger partial charge is 0.460 e. The predicted molar refractivity (Wildman–Crippen MR) is 71.6 cm³/mol. The topological polar surface area (TPSA) is 64.6 Å². The Morgan fingerprint density at radius 1 is 1.42 bits per heavy atom. The van der Waals surface area contributed by atoms with Gasteiger partial charge in [0.05, 0.1) is 0 Å². The Kier molecular flexibility index (Phi) is 4.39. The van der Waals surface area contributed by atoms with E-state index in [4.69, 9.17) is 9.47 Å². The van der Waals surface area contributed by atoms with Crippen molar-refractivity contribution in [1.82, 2.24) is 5.32 Å². The lowest BCUT2D eigenvalue weighted by atomic mass is 10.2. The molecular weight excluding hydrogens is 246 g/mol. The molecule has 0 bridgehead atoms. The van der Waals surface area contributed by atoms with Gasteiger partial charge in [-0.25, -0.2) is 9.59 Å². The van der Waals surface area contributed by atoms with Gasteiger partial charge in [0.1, 0.15) is 17.7 Å². The van der Waals surface area contributed by atoms with Crippen molar-refractivity contribution in [2.24, 2.45) is 5.92 Å². The highest BCUT2D eigenvalue weighted by Crippen LogP contribution is 2.45. The standard InChI is InChI=1S/C14H21NO4/c1-6-8-18-11(16)14(9-10(14)7-2)15-12(17)19-13(3,4)5/h6-7,10H,1-2,8-9H2,3-5H3,(H,15,17)/t10-,14-/m1/s1. The molecule has 1 rings (SSSR count). The van der Waals surface area contributed by atoms with Crippen LogP contribution < -0.4 is 5.32 Å². The summed E-state index contributed by atoms with van der Waals surface area (Å²) in [6, 6.07) is 0. The zero-order valence-corrected chi connectivity index (χ0v) is 11.7. The Morgan fingerprint density at radius 3 is 2.47 bits per heavy atom. The molecule has 0 aromatic carbocycles. The number of alkyl carbamates (subject to hydrolysis) is 1. The van der Waals surface area contributed by atoms with Crippen molar-refractivity contribution in [3.05, 3.63) is 25.3 Å². The van der Waals surface area contributed by atoms with Crippen LogP contribution in [-0.4, -0.2) is 29.8 Å². The van der Waals surface area contributed by atoms with Crippen molar-refractivity contribution < 1.29 is 19.1 Å². The molecule has 0 aliphatic heterocycles. The maximum absolute atomic E-state index is 12.0. The SMILES string of the molecule is C=CCOC(=O)[C@@]1(NC(=O)OC(C)(C)C)C[C@H]1C=C. The van der Waals surface area contributed by atoms with E-state index in [1.54, 1.807) is 26.8 Å². The van der Waals surface area contributed by atoms with Gasteiger partial charge in [-0.05, 0) is 27.2 Å². The summed E-state index contributed by atoms with van der Waals surface area (Å²) in [5.74, 6) is -0.611. The molecule has 0 saturated heterocycles. The van der Waals surface area contributed by atoms with E-state index < -0.39 is 23.2 Å². The lowest BCUT2D eigenvalue weighted by Gasteiger charge is -2.23. The average molecular weight is 267 g/mol. The van der Waals surface area contributed by atoms with Crippen LogP contribution in [0, 0.1) is 5.92 Å². The number of hydrogen-bond acceptors (Lipinski definition) is 4. The first kappa shape index (κ1) is 15.3. The van der Waals surface area contributed by atoms with Crippen molar-refractivity contribution in [1.29, 1.82) is 0 Å². The second kappa shape index (κ2) is 5.47. The third-order valence-electron chi connectivity index (χ3n) is 2.72. The number of nitrogens with one attached hydrogen (secondary N) is 1. The zero-order valence-electron chi connectivity index (χ0n) is 11.7. The van der Waals surface area contributed by atoms with Crippen LogP contribution in [0.2, 0.25) is 0 Å². The highest BCUT2D eigenvalue weighted by molar-refractivity contribution is 5.90. The van der Waals surface area contributed by atoms with E-state index >= 15 is 0 Å². The molecule has 1 saturated carbocycles. The molecule has 1 aliphatic carbocycles. The molecule has 2 atom stereocenters. The van der Waals surface area contributed by atoms with Gasteiger partial charge >= 0.3 is 12.1 Å². The van der Waals surface area contributed by atoms with Crippen molar-refractivity contribution in [2.45, 2.75) is 38.3 Å². The predicted octanol–water partition coefficient (Wildman–Crippen LogP) is 2.18. The summed E-state index contributed by atoms with van der Waals surface area (Å²) in [6.07, 6.45) is 2.95. The summed E-state index contributed by atoms with van der Waals surface area (Å²) in [7, 11) is 0. The molecule has 1 amide bonds. The van der Waals surface area contributed by atoms with Crippen LogP contribution >= 0.6 is 0 Å². The van der Waals surface area contributed by atoms with Crippen molar-refractivity contribution in [2.75, 3.05) is 6.61 Å². The van der Waals surface area contributed by atoms with E-state index in [9.17, 15) is 9.59 Å². The van der Waals surface area contributed by atoms with Gasteiger partial charge in [0.15, 0.2) is 0 Å². The van der Waals surface area contributed by atoms with Crippen LogP contribution in [0.4, 0.5) is 4.79 Å². The molecule has 1 fully saturated rings. The van der Waals surface area contributed by atoms with Crippen molar-refractivity contribution >= 4 is 12.1 Å². The van der Waals surface area contributed by atoms with Crippen LogP contribution in [0.1, 0.15) is 27.2 Å².